The molecule has 1 aromatic heterocycles. The van der Waals surface area contributed by atoms with Crippen molar-refractivity contribution in [3.63, 3.8) is 0 Å². The Morgan fingerprint density at radius 1 is 1.22 bits per heavy atom. The van der Waals surface area contributed by atoms with Gasteiger partial charge < -0.3 is 15.1 Å². The van der Waals surface area contributed by atoms with E-state index in [2.05, 4.69) is 22.8 Å². The molecule has 0 bridgehead atoms. The summed E-state index contributed by atoms with van der Waals surface area (Å²) in [6.07, 6.45) is 2.29. The van der Waals surface area contributed by atoms with Crippen LogP contribution < -0.4 is 10.6 Å². The fourth-order valence-electron chi connectivity index (χ4n) is 2.53. The van der Waals surface area contributed by atoms with Gasteiger partial charge in [-0.05, 0) is 44.9 Å². The molecule has 5 heteroatoms. The number of hydrogen-bond acceptors (Lipinski definition) is 3. The highest BCUT2D eigenvalue weighted by Gasteiger charge is 2.43. The molecule has 4 nitrogen and oxygen atoms in total. The van der Waals surface area contributed by atoms with Gasteiger partial charge in [0.2, 0.25) is 0 Å². The number of aryl methyl sites for hydroxylation is 2. The predicted molar refractivity (Wildman–Crippen MR) is 92.7 cm³/mol. The van der Waals surface area contributed by atoms with E-state index in [-0.39, 0.29) is 10.8 Å². The second kappa shape index (κ2) is 6.71. The monoisotopic (exact) mass is 330 g/mol. The zero-order chi connectivity index (χ0) is 16.3. The molecule has 2 amide bonds. The van der Waals surface area contributed by atoms with Crippen LogP contribution in [0, 0.1) is 13.8 Å². The second-order valence-corrected chi connectivity index (χ2v) is 7.61. The zero-order valence-corrected chi connectivity index (χ0v) is 14.3. The van der Waals surface area contributed by atoms with E-state index >= 15 is 0 Å². The van der Waals surface area contributed by atoms with Crippen LogP contribution in [0.2, 0.25) is 0 Å². The van der Waals surface area contributed by atoms with Gasteiger partial charge in [-0.25, -0.2) is 4.79 Å². The maximum absolute atomic E-state index is 12.0. The average molecular weight is 330 g/mol. The number of carbonyl (C=O) groups excluding carboxylic acids is 1. The molecule has 0 unspecified atom stereocenters. The number of thioether (sulfide) groups is 1. The maximum atomic E-state index is 12.0. The van der Waals surface area contributed by atoms with Gasteiger partial charge >= 0.3 is 6.03 Å². The van der Waals surface area contributed by atoms with Gasteiger partial charge in [0.15, 0.2) is 0 Å². The number of rotatable bonds is 6. The van der Waals surface area contributed by atoms with Crippen molar-refractivity contribution < 1.29 is 9.21 Å². The minimum Gasteiger partial charge on any atom is -0.466 e. The number of urea groups is 1. The molecular weight excluding hydrogens is 308 g/mol. The Kier molecular flexibility index (Phi) is 4.66. The van der Waals surface area contributed by atoms with E-state index in [9.17, 15) is 4.79 Å². The summed E-state index contributed by atoms with van der Waals surface area (Å²) >= 11 is 1.86. The normalized spacial score (nSPS) is 15.2. The minimum absolute atomic E-state index is 0.122. The fraction of sp³-hybridized carbons (Fsp3) is 0.389. The van der Waals surface area contributed by atoms with Crippen LogP contribution in [0.1, 0.15) is 29.9 Å². The Balaban J connectivity index is 1.45. The summed E-state index contributed by atoms with van der Waals surface area (Å²) in [5.74, 6) is 1.73. The molecule has 1 heterocycles. The topological polar surface area (TPSA) is 54.3 Å². The van der Waals surface area contributed by atoms with Gasteiger partial charge in [-0.3, -0.25) is 0 Å². The third-order valence-electron chi connectivity index (χ3n) is 4.04. The first-order chi connectivity index (χ1) is 11.1. The largest absolute Gasteiger partial charge is 0.466 e. The van der Waals surface area contributed by atoms with Crippen LogP contribution in [0.3, 0.4) is 0 Å². The summed E-state index contributed by atoms with van der Waals surface area (Å²) in [7, 11) is 0. The van der Waals surface area contributed by atoms with Crippen molar-refractivity contribution in [2.75, 3.05) is 6.54 Å². The molecule has 1 aromatic carbocycles. The summed E-state index contributed by atoms with van der Waals surface area (Å²) in [5, 5.41) is 5.90. The van der Waals surface area contributed by atoms with Crippen LogP contribution >= 0.6 is 11.8 Å². The minimum atomic E-state index is -0.122. The van der Waals surface area contributed by atoms with Crippen molar-refractivity contribution in [1.82, 2.24) is 10.6 Å². The van der Waals surface area contributed by atoms with Crippen LogP contribution in [-0.4, -0.2) is 17.3 Å². The van der Waals surface area contributed by atoms with Crippen molar-refractivity contribution in [3.05, 3.63) is 53.5 Å². The summed E-state index contributed by atoms with van der Waals surface area (Å²) in [6.45, 7) is 5.02. The summed E-state index contributed by atoms with van der Waals surface area (Å²) < 4.78 is 5.63. The van der Waals surface area contributed by atoms with E-state index in [4.69, 9.17) is 4.42 Å². The van der Waals surface area contributed by atoms with Crippen LogP contribution in [0.5, 0.6) is 0 Å². The zero-order valence-electron chi connectivity index (χ0n) is 13.5. The molecule has 122 valence electrons. The Bertz CT molecular complexity index is 678. The molecular formula is C18H22N2O2S. The highest BCUT2D eigenvalue weighted by Crippen LogP contribution is 2.51. The third kappa shape index (κ3) is 4.32. The smallest absolute Gasteiger partial charge is 0.315 e. The van der Waals surface area contributed by atoms with E-state index < -0.39 is 0 Å². The summed E-state index contributed by atoms with van der Waals surface area (Å²) in [4.78, 5) is 13.3. The molecule has 2 aromatic rings. The Hall–Kier alpha value is -1.88. The quantitative estimate of drug-likeness (QED) is 0.841. The standard InChI is InChI=1S/C18H22N2O2S/c1-13-10-15(14(2)22-13)11-19-17(21)20-12-18(8-9-18)23-16-6-4-3-5-7-16/h3-7,10H,8-9,11-12H2,1-2H3,(H2,19,20,21). The molecule has 1 aliphatic rings. The van der Waals surface area contributed by atoms with Crippen LogP contribution in [0.15, 0.2) is 45.7 Å². The molecule has 1 saturated carbocycles. The number of carbonyl (C=O) groups is 1. The van der Waals surface area contributed by atoms with Crippen molar-refractivity contribution in [3.8, 4) is 0 Å². The fourth-order valence-corrected chi connectivity index (χ4v) is 3.77. The van der Waals surface area contributed by atoms with Gasteiger partial charge in [0.25, 0.3) is 0 Å². The van der Waals surface area contributed by atoms with E-state index in [1.54, 1.807) is 0 Å². The predicted octanol–water partition coefficient (Wildman–Crippen LogP) is 4.02. The number of furan rings is 1. The van der Waals surface area contributed by atoms with Gasteiger partial charge in [0, 0.05) is 28.3 Å². The molecule has 23 heavy (non-hydrogen) atoms. The average Bonchev–Trinajstić information content (AvgIpc) is 3.22. The first-order valence-corrected chi connectivity index (χ1v) is 8.70. The molecule has 2 N–H and O–H groups in total. The first-order valence-electron chi connectivity index (χ1n) is 7.88. The van der Waals surface area contributed by atoms with E-state index in [0.29, 0.717) is 13.1 Å². The number of nitrogens with one attached hydrogen (secondary N) is 2. The molecule has 0 radical (unpaired) electrons. The molecule has 0 spiro atoms. The van der Waals surface area contributed by atoms with Gasteiger partial charge in [-0.2, -0.15) is 0 Å². The summed E-state index contributed by atoms with van der Waals surface area (Å²) in [6, 6.07) is 12.2. The van der Waals surface area contributed by atoms with Crippen molar-refractivity contribution >= 4 is 17.8 Å². The first kappa shape index (κ1) is 16.0. The number of benzene rings is 1. The maximum Gasteiger partial charge on any atom is 0.315 e. The van der Waals surface area contributed by atoms with Crippen molar-refractivity contribution in [2.24, 2.45) is 0 Å². The Morgan fingerprint density at radius 3 is 2.57 bits per heavy atom. The highest BCUT2D eigenvalue weighted by atomic mass is 32.2. The molecule has 3 rings (SSSR count). The molecule has 0 saturated heterocycles. The lowest BCUT2D eigenvalue weighted by atomic mass is 10.2. The Labute approximate surface area is 141 Å². The summed E-state index contributed by atoms with van der Waals surface area (Å²) in [5.41, 5.74) is 1.03. The molecule has 1 fully saturated rings. The lowest BCUT2D eigenvalue weighted by Crippen LogP contribution is -2.39. The SMILES string of the molecule is Cc1cc(CNC(=O)NCC2(Sc3ccccc3)CC2)c(C)o1. The third-order valence-corrected chi connectivity index (χ3v) is 5.53. The van der Waals surface area contributed by atoms with Gasteiger partial charge in [-0.1, -0.05) is 18.2 Å². The lowest BCUT2D eigenvalue weighted by Gasteiger charge is -2.16. The van der Waals surface area contributed by atoms with Crippen LogP contribution in [0.25, 0.3) is 0 Å². The van der Waals surface area contributed by atoms with Gasteiger partial charge in [0.05, 0.1) is 0 Å². The number of hydrogen-bond donors (Lipinski definition) is 2. The van der Waals surface area contributed by atoms with Crippen molar-refractivity contribution in [1.29, 1.82) is 0 Å². The van der Waals surface area contributed by atoms with E-state index in [1.807, 2.05) is 49.9 Å². The van der Waals surface area contributed by atoms with E-state index in [1.165, 1.54) is 4.90 Å². The van der Waals surface area contributed by atoms with Gasteiger partial charge in [0.1, 0.15) is 11.5 Å². The second-order valence-electron chi connectivity index (χ2n) is 6.07. The lowest BCUT2D eigenvalue weighted by molar-refractivity contribution is 0.240. The molecule has 0 atom stereocenters. The highest BCUT2D eigenvalue weighted by molar-refractivity contribution is 8.01. The Morgan fingerprint density at radius 2 is 1.96 bits per heavy atom. The van der Waals surface area contributed by atoms with Gasteiger partial charge in [-0.15, -0.1) is 11.8 Å². The van der Waals surface area contributed by atoms with Crippen LogP contribution in [0.4, 0.5) is 4.79 Å². The van der Waals surface area contributed by atoms with E-state index in [0.717, 1.165) is 29.9 Å². The molecule has 1 aliphatic carbocycles. The number of amides is 2. The van der Waals surface area contributed by atoms with Crippen molar-refractivity contribution in [2.45, 2.75) is 42.9 Å². The van der Waals surface area contributed by atoms with Crippen LogP contribution in [-0.2, 0) is 6.54 Å². The molecule has 0 aliphatic heterocycles.